The molecular weight excluding hydrogens is 983 g/mol. The topological polar surface area (TPSA) is 95.9 Å². The van der Waals surface area contributed by atoms with E-state index in [1.165, 1.54) is 308 Å². The van der Waals surface area contributed by atoms with Crippen LogP contribution in [-0.2, 0) is 14.3 Å². The lowest BCUT2D eigenvalue weighted by Gasteiger charge is -2.22. The first-order valence-electron chi connectivity index (χ1n) is 36.2. The summed E-state index contributed by atoms with van der Waals surface area (Å²) in [7, 11) is 0. The van der Waals surface area contributed by atoms with Gasteiger partial charge in [0.25, 0.3) is 0 Å². The minimum atomic E-state index is -0.673. The minimum Gasteiger partial charge on any atom is -0.466 e. The quantitative estimate of drug-likeness (QED) is 0.0320. The number of carbonyl (C=O) groups excluding carboxylic acids is 2. The Morgan fingerprint density at radius 2 is 0.625 bits per heavy atom. The molecule has 6 nitrogen and oxygen atoms in total. The molecule has 0 bridgehead atoms. The van der Waals surface area contributed by atoms with Crippen molar-refractivity contribution in [1.29, 1.82) is 0 Å². The van der Waals surface area contributed by atoms with Crippen molar-refractivity contribution < 1.29 is 24.5 Å². The molecule has 1 amide bonds. The number of rotatable bonds is 68. The molecule has 0 rings (SSSR count). The molecule has 0 saturated heterocycles. The van der Waals surface area contributed by atoms with Crippen molar-refractivity contribution in [3.8, 4) is 0 Å². The second-order valence-electron chi connectivity index (χ2n) is 24.9. The fourth-order valence-corrected chi connectivity index (χ4v) is 11.4. The van der Waals surface area contributed by atoms with Gasteiger partial charge in [0.1, 0.15) is 0 Å². The largest absolute Gasteiger partial charge is 0.466 e. The summed E-state index contributed by atoms with van der Waals surface area (Å²) in [5.41, 5.74) is 0. The molecule has 2 unspecified atom stereocenters. The number of amides is 1. The van der Waals surface area contributed by atoms with Gasteiger partial charge in [0.2, 0.25) is 5.91 Å². The summed E-state index contributed by atoms with van der Waals surface area (Å²) >= 11 is 0. The summed E-state index contributed by atoms with van der Waals surface area (Å²) in [6.07, 6.45) is 89.0. The maximum Gasteiger partial charge on any atom is 0.305 e. The lowest BCUT2D eigenvalue weighted by Crippen LogP contribution is -2.45. The molecule has 0 aliphatic rings. The Hall–Kier alpha value is -1.92. The van der Waals surface area contributed by atoms with Gasteiger partial charge in [-0.3, -0.25) is 9.59 Å². The zero-order valence-corrected chi connectivity index (χ0v) is 54.1. The van der Waals surface area contributed by atoms with Crippen molar-refractivity contribution in [2.45, 2.75) is 411 Å². The van der Waals surface area contributed by atoms with E-state index in [9.17, 15) is 19.8 Å². The van der Waals surface area contributed by atoms with E-state index in [1.807, 2.05) is 0 Å². The normalized spacial score (nSPS) is 12.7. The van der Waals surface area contributed by atoms with Crippen LogP contribution in [-0.4, -0.2) is 47.4 Å². The van der Waals surface area contributed by atoms with E-state index in [1.54, 1.807) is 0 Å². The second-order valence-corrected chi connectivity index (χ2v) is 24.9. The highest BCUT2D eigenvalue weighted by atomic mass is 16.5. The summed E-state index contributed by atoms with van der Waals surface area (Å²) in [5, 5.41) is 23.4. The van der Waals surface area contributed by atoms with E-state index < -0.39 is 12.1 Å². The van der Waals surface area contributed by atoms with Gasteiger partial charge in [0, 0.05) is 12.8 Å². The predicted octanol–water partition coefficient (Wildman–Crippen LogP) is 23.5. The lowest BCUT2D eigenvalue weighted by atomic mass is 10.0. The highest BCUT2D eigenvalue weighted by Gasteiger charge is 2.20. The number of aliphatic hydroxyl groups excluding tert-OH is 2. The predicted molar refractivity (Wildman–Crippen MR) is 352 cm³/mol. The average Bonchev–Trinajstić information content (AvgIpc) is 3.46. The van der Waals surface area contributed by atoms with E-state index in [-0.39, 0.29) is 18.5 Å². The van der Waals surface area contributed by atoms with Crippen LogP contribution in [0.1, 0.15) is 399 Å². The minimum absolute atomic E-state index is 0.00741. The highest BCUT2D eigenvalue weighted by Crippen LogP contribution is 2.19. The monoisotopic (exact) mass is 1120 g/mol. The molecule has 3 N–H and O–H groups in total. The van der Waals surface area contributed by atoms with E-state index >= 15 is 0 Å². The van der Waals surface area contributed by atoms with Crippen LogP contribution in [0.2, 0.25) is 0 Å². The van der Waals surface area contributed by atoms with Gasteiger partial charge >= 0.3 is 5.97 Å². The Morgan fingerprint density at radius 1 is 0.350 bits per heavy atom. The van der Waals surface area contributed by atoms with Crippen LogP contribution in [0, 0.1) is 0 Å². The fraction of sp³-hybridized carbons (Fsp3) is 0.892. The highest BCUT2D eigenvalue weighted by molar-refractivity contribution is 5.76. The smallest absolute Gasteiger partial charge is 0.305 e. The second kappa shape index (κ2) is 69.6. The number of carbonyl (C=O) groups is 2. The Balaban J connectivity index is 3.43. The van der Waals surface area contributed by atoms with Gasteiger partial charge in [-0.25, -0.2) is 0 Å². The van der Waals surface area contributed by atoms with Gasteiger partial charge in [-0.2, -0.15) is 0 Å². The zero-order chi connectivity index (χ0) is 57.8. The van der Waals surface area contributed by atoms with Crippen molar-refractivity contribution in [3.05, 3.63) is 36.5 Å². The van der Waals surface area contributed by atoms with E-state index in [4.69, 9.17) is 4.74 Å². The van der Waals surface area contributed by atoms with Crippen LogP contribution in [0.5, 0.6) is 0 Å². The molecule has 2 atom stereocenters. The number of ether oxygens (including phenoxy) is 1. The van der Waals surface area contributed by atoms with Gasteiger partial charge in [0.15, 0.2) is 0 Å². The fourth-order valence-electron chi connectivity index (χ4n) is 11.4. The summed E-state index contributed by atoms with van der Waals surface area (Å²) in [6, 6.07) is -0.551. The molecule has 0 aromatic heterocycles. The van der Waals surface area contributed by atoms with E-state index in [0.717, 1.165) is 57.8 Å². The molecule has 0 heterocycles. The zero-order valence-electron chi connectivity index (χ0n) is 54.1. The molecule has 0 fully saturated rings. The molecule has 0 spiro atoms. The molecule has 0 aliphatic carbocycles. The first-order valence-corrected chi connectivity index (χ1v) is 36.2. The van der Waals surface area contributed by atoms with E-state index in [2.05, 4.69) is 55.6 Å². The Bertz CT molecular complexity index is 1300. The van der Waals surface area contributed by atoms with E-state index in [0.29, 0.717) is 25.9 Å². The molecule has 80 heavy (non-hydrogen) atoms. The number of nitrogens with one attached hydrogen (secondary N) is 1. The van der Waals surface area contributed by atoms with Crippen molar-refractivity contribution in [2.75, 3.05) is 13.2 Å². The molecule has 6 heteroatoms. The number of esters is 1. The van der Waals surface area contributed by atoms with Crippen LogP contribution in [0.4, 0.5) is 0 Å². The van der Waals surface area contributed by atoms with Gasteiger partial charge in [0.05, 0.1) is 25.4 Å². The first kappa shape index (κ1) is 78.1. The number of hydrogen-bond donors (Lipinski definition) is 3. The van der Waals surface area contributed by atoms with Gasteiger partial charge < -0.3 is 20.3 Å². The van der Waals surface area contributed by atoms with Crippen molar-refractivity contribution in [2.24, 2.45) is 0 Å². The van der Waals surface area contributed by atoms with Gasteiger partial charge in [-0.15, -0.1) is 0 Å². The maximum atomic E-state index is 12.5. The molecule has 0 aromatic carbocycles. The van der Waals surface area contributed by atoms with Crippen LogP contribution in [0.25, 0.3) is 0 Å². The lowest BCUT2D eigenvalue weighted by molar-refractivity contribution is -0.143. The average molecular weight is 1120 g/mol. The summed E-state index contributed by atoms with van der Waals surface area (Å²) in [6.45, 7) is 4.98. The standard InChI is InChI=1S/C74H141NO5/c1-3-5-7-9-11-13-15-17-19-21-23-27-31-34-38-42-46-50-54-58-62-66-72(77)71(70-76)75-73(78)67-63-59-55-51-47-43-39-35-32-28-25-24-26-29-33-37-41-45-49-53-57-61-65-69-80-74(79)68-64-60-56-52-48-44-40-36-30-22-20-18-16-14-12-10-8-6-4-2/h18,20,24,26,28,32,71-72,76-77H,3-17,19,21-23,25,27,29-31,33-70H2,1-2H3,(H,75,78)/b20-18-,26-24-,32-28-. The third kappa shape index (κ3) is 65.2. The Kier molecular flexibility index (Phi) is 67.9. The molecule has 0 aromatic rings. The van der Waals surface area contributed by atoms with Gasteiger partial charge in [-0.1, -0.05) is 339 Å². The first-order chi connectivity index (χ1) is 39.5. The Morgan fingerprint density at radius 3 is 0.963 bits per heavy atom. The third-order valence-corrected chi connectivity index (χ3v) is 16.9. The van der Waals surface area contributed by atoms with Crippen LogP contribution in [0.15, 0.2) is 36.5 Å². The molecule has 0 saturated carbocycles. The van der Waals surface area contributed by atoms with Crippen molar-refractivity contribution in [3.63, 3.8) is 0 Å². The van der Waals surface area contributed by atoms with Crippen LogP contribution >= 0.6 is 0 Å². The molecule has 0 aliphatic heterocycles. The third-order valence-electron chi connectivity index (χ3n) is 16.9. The number of unbranched alkanes of at least 4 members (excludes halogenated alkanes) is 51. The molecule has 0 radical (unpaired) electrons. The van der Waals surface area contributed by atoms with Crippen LogP contribution in [0.3, 0.4) is 0 Å². The number of hydrogen-bond acceptors (Lipinski definition) is 5. The molecular formula is C74H141NO5. The van der Waals surface area contributed by atoms with Crippen molar-refractivity contribution in [1.82, 2.24) is 5.32 Å². The summed E-state index contributed by atoms with van der Waals surface area (Å²) in [4.78, 5) is 24.7. The SMILES string of the molecule is CCCCCCCC/C=C\CCCCCCCCCCCC(=O)OCCCCCCCCCCC/C=C\C/C=C\CCCCCCCCCC(=O)NC(CO)C(O)CCCCCCCCCCCCCCCCCCCCCCC. The number of aliphatic hydroxyl groups is 2. The summed E-state index contributed by atoms with van der Waals surface area (Å²) in [5.74, 6) is -0.0342. The molecule has 472 valence electrons. The van der Waals surface area contributed by atoms with Crippen LogP contribution < -0.4 is 5.32 Å². The van der Waals surface area contributed by atoms with Crippen molar-refractivity contribution >= 4 is 11.9 Å². The maximum absolute atomic E-state index is 12.5. The van der Waals surface area contributed by atoms with Gasteiger partial charge in [-0.05, 0) is 83.5 Å². The Labute approximate surface area is 500 Å². The number of allylic oxidation sites excluding steroid dienone is 6. The summed E-state index contributed by atoms with van der Waals surface area (Å²) < 4.78 is 5.50.